The van der Waals surface area contributed by atoms with Gasteiger partial charge in [0.25, 0.3) is 5.56 Å². The van der Waals surface area contributed by atoms with Crippen LogP contribution < -0.4 is 15.6 Å². The topological polar surface area (TPSA) is 67.0 Å². The summed E-state index contributed by atoms with van der Waals surface area (Å²) < 4.78 is 5.27. The maximum Gasteiger partial charge on any atom is 0.260 e. The van der Waals surface area contributed by atoms with Crippen molar-refractivity contribution in [3.63, 3.8) is 0 Å². The highest BCUT2D eigenvalue weighted by atomic mass is 32.1. The summed E-state index contributed by atoms with van der Waals surface area (Å²) in [7, 11) is 1.63. The predicted molar refractivity (Wildman–Crippen MR) is 98.8 cm³/mol. The van der Waals surface area contributed by atoms with Gasteiger partial charge < -0.3 is 15.0 Å². The Morgan fingerprint density at radius 3 is 2.96 bits per heavy atom. The highest BCUT2D eigenvalue weighted by molar-refractivity contribution is 7.17. The van der Waals surface area contributed by atoms with E-state index < -0.39 is 0 Å². The number of fused-ring (bicyclic) bond motifs is 1. The van der Waals surface area contributed by atoms with E-state index in [0.717, 1.165) is 28.3 Å². The van der Waals surface area contributed by atoms with Crippen molar-refractivity contribution in [1.29, 1.82) is 0 Å². The Morgan fingerprint density at radius 1 is 1.38 bits per heavy atom. The molecule has 1 aromatic carbocycles. The molecule has 0 saturated heterocycles. The van der Waals surface area contributed by atoms with Crippen LogP contribution in [0.5, 0.6) is 5.75 Å². The minimum Gasteiger partial charge on any atom is -0.497 e. The van der Waals surface area contributed by atoms with Crippen LogP contribution in [0.1, 0.15) is 19.7 Å². The molecule has 0 amide bonds. The summed E-state index contributed by atoms with van der Waals surface area (Å²) in [6, 6.07) is 7.71. The fourth-order valence-electron chi connectivity index (χ4n) is 2.56. The van der Waals surface area contributed by atoms with Gasteiger partial charge in [0, 0.05) is 10.9 Å². The smallest absolute Gasteiger partial charge is 0.260 e. The highest BCUT2D eigenvalue weighted by Crippen LogP contribution is 2.32. The Labute approximate surface area is 144 Å². The number of nitrogens with zero attached hydrogens (tertiary/aromatic N) is 1. The van der Waals surface area contributed by atoms with Crippen molar-refractivity contribution in [2.75, 3.05) is 13.7 Å². The lowest BCUT2D eigenvalue weighted by molar-refractivity contribution is 0.415. The number of ether oxygens (including phenoxy) is 1. The Balaban J connectivity index is 1.96. The van der Waals surface area contributed by atoms with Crippen molar-refractivity contribution >= 4 is 21.6 Å². The molecule has 24 heavy (non-hydrogen) atoms. The monoisotopic (exact) mass is 343 g/mol. The molecule has 0 saturated carbocycles. The Bertz CT molecular complexity index is 899. The fourth-order valence-corrected chi connectivity index (χ4v) is 3.53. The number of H-pyrrole nitrogens is 1. The third-order valence-corrected chi connectivity index (χ3v) is 4.59. The summed E-state index contributed by atoms with van der Waals surface area (Å²) in [6.07, 6.45) is 0. The number of aromatic nitrogens is 2. The minimum absolute atomic E-state index is 0.0968. The average molecular weight is 343 g/mol. The average Bonchev–Trinajstić information content (AvgIpc) is 2.99. The Hall–Kier alpha value is -2.18. The summed E-state index contributed by atoms with van der Waals surface area (Å²) >= 11 is 1.49. The van der Waals surface area contributed by atoms with Gasteiger partial charge in [-0.2, -0.15) is 0 Å². The molecular weight excluding hydrogens is 322 g/mol. The van der Waals surface area contributed by atoms with Crippen LogP contribution in [0.4, 0.5) is 0 Å². The van der Waals surface area contributed by atoms with E-state index in [0.29, 0.717) is 23.7 Å². The van der Waals surface area contributed by atoms with E-state index in [2.05, 4.69) is 29.1 Å². The molecule has 0 bridgehead atoms. The molecule has 0 spiro atoms. The number of nitrogens with one attached hydrogen (secondary N) is 2. The number of hydrogen-bond acceptors (Lipinski definition) is 5. The summed E-state index contributed by atoms with van der Waals surface area (Å²) in [5, 5.41) is 5.92. The van der Waals surface area contributed by atoms with Crippen LogP contribution in [0.2, 0.25) is 0 Å². The van der Waals surface area contributed by atoms with Crippen molar-refractivity contribution in [1.82, 2.24) is 15.3 Å². The molecule has 0 aliphatic heterocycles. The van der Waals surface area contributed by atoms with Gasteiger partial charge in [-0.15, -0.1) is 11.3 Å². The zero-order valence-electron chi connectivity index (χ0n) is 14.1. The standard InChI is InChI=1S/C18H21N3O2S/c1-11(2)8-19-9-15-20-17(22)16-14(10-24-18(16)21-15)12-5-4-6-13(7-12)23-3/h4-7,10-11,19H,8-9H2,1-3H3,(H,20,21,22). The zero-order chi connectivity index (χ0) is 17.1. The van der Waals surface area contributed by atoms with Crippen molar-refractivity contribution < 1.29 is 4.74 Å². The number of aromatic amines is 1. The SMILES string of the molecule is COc1cccc(-c2csc3nc(CNCC(C)C)[nH]c(=O)c23)c1. The summed E-state index contributed by atoms with van der Waals surface area (Å²) in [4.78, 5) is 20.8. The minimum atomic E-state index is -0.0968. The predicted octanol–water partition coefficient (Wildman–Crippen LogP) is 3.41. The lowest BCUT2D eigenvalue weighted by atomic mass is 10.1. The molecule has 3 aromatic rings. The lowest BCUT2D eigenvalue weighted by Crippen LogP contribution is -2.22. The molecule has 0 aliphatic rings. The van der Waals surface area contributed by atoms with Gasteiger partial charge in [-0.3, -0.25) is 4.79 Å². The van der Waals surface area contributed by atoms with Crippen LogP contribution in [0.15, 0.2) is 34.4 Å². The van der Waals surface area contributed by atoms with Gasteiger partial charge in [0.15, 0.2) is 0 Å². The van der Waals surface area contributed by atoms with Crippen LogP contribution in [0.25, 0.3) is 21.3 Å². The molecule has 2 heterocycles. The van der Waals surface area contributed by atoms with Gasteiger partial charge >= 0.3 is 0 Å². The number of thiophene rings is 1. The third-order valence-electron chi connectivity index (χ3n) is 3.72. The van der Waals surface area contributed by atoms with Crippen LogP contribution >= 0.6 is 11.3 Å². The molecule has 0 aliphatic carbocycles. The molecule has 5 nitrogen and oxygen atoms in total. The van der Waals surface area contributed by atoms with E-state index in [4.69, 9.17) is 4.74 Å². The largest absolute Gasteiger partial charge is 0.497 e. The Morgan fingerprint density at radius 2 is 2.21 bits per heavy atom. The number of benzene rings is 1. The molecule has 0 radical (unpaired) electrons. The second-order valence-electron chi connectivity index (χ2n) is 6.10. The number of methoxy groups -OCH3 is 1. The van der Waals surface area contributed by atoms with Crippen LogP contribution in [0, 0.1) is 5.92 Å². The Kier molecular flexibility index (Phi) is 4.97. The van der Waals surface area contributed by atoms with Gasteiger partial charge in [-0.25, -0.2) is 4.98 Å². The molecular formula is C18H21N3O2S. The van der Waals surface area contributed by atoms with Crippen molar-refractivity contribution in [2.24, 2.45) is 5.92 Å². The fraction of sp³-hybridized carbons (Fsp3) is 0.333. The molecule has 2 aromatic heterocycles. The second-order valence-corrected chi connectivity index (χ2v) is 6.96. The van der Waals surface area contributed by atoms with Gasteiger partial charge in [0.2, 0.25) is 0 Å². The van der Waals surface area contributed by atoms with Crippen molar-refractivity contribution in [3.8, 4) is 16.9 Å². The van der Waals surface area contributed by atoms with Gasteiger partial charge in [0.05, 0.1) is 19.0 Å². The second kappa shape index (κ2) is 7.15. The quantitative estimate of drug-likeness (QED) is 0.720. The van der Waals surface area contributed by atoms with Crippen molar-refractivity contribution in [3.05, 3.63) is 45.8 Å². The number of hydrogen-bond donors (Lipinski definition) is 2. The zero-order valence-corrected chi connectivity index (χ0v) is 14.9. The van der Waals surface area contributed by atoms with E-state index in [1.54, 1.807) is 7.11 Å². The molecule has 3 rings (SSSR count). The van der Waals surface area contributed by atoms with Gasteiger partial charge in [-0.05, 0) is 30.2 Å². The summed E-state index contributed by atoms with van der Waals surface area (Å²) in [6.45, 7) is 5.75. The third kappa shape index (κ3) is 3.49. The van der Waals surface area contributed by atoms with Gasteiger partial charge in [-0.1, -0.05) is 26.0 Å². The molecule has 6 heteroatoms. The van der Waals surface area contributed by atoms with Crippen LogP contribution in [-0.4, -0.2) is 23.6 Å². The molecule has 2 N–H and O–H groups in total. The number of rotatable bonds is 6. The maximum atomic E-state index is 12.6. The van der Waals surface area contributed by atoms with E-state index in [1.165, 1.54) is 11.3 Å². The van der Waals surface area contributed by atoms with E-state index >= 15 is 0 Å². The molecule has 0 fully saturated rings. The molecule has 0 unspecified atom stereocenters. The van der Waals surface area contributed by atoms with Crippen molar-refractivity contribution in [2.45, 2.75) is 20.4 Å². The van der Waals surface area contributed by atoms with Crippen LogP contribution in [-0.2, 0) is 6.54 Å². The van der Waals surface area contributed by atoms with E-state index in [9.17, 15) is 4.79 Å². The summed E-state index contributed by atoms with van der Waals surface area (Å²) in [5.74, 6) is 2.00. The summed E-state index contributed by atoms with van der Waals surface area (Å²) in [5.41, 5.74) is 1.75. The first-order chi connectivity index (χ1) is 11.6. The maximum absolute atomic E-state index is 12.6. The van der Waals surface area contributed by atoms with Gasteiger partial charge in [0.1, 0.15) is 16.4 Å². The normalized spacial score (nSPS) is 11.3. The first-order valence-corrected chi connectivity index (χ1v) is 8.82. The van der Waals surface area contributed by atoms with E-state index in [-0.39, 0.29) is 5.56 Å². The lowest BCUT2D eigenvalue weighted by Gasteiger charge is -2.07. The molecule has 0 atom stereocenters. The van der Waals surface area contributed by atoms with Crippen LogP contribution in [0.3, 0.4) is 0 Å². The first-order valence-electron chi connectivity index (χ1n) is 7.94. The first kappa shape index (κ1) is 16.7. The van der Waals surface area contributed by atoms with E-state index in [1.807, 2.05) is 29.6 Å². The highest BCUT2D eigenvalue weighted by Gasteiger charge is 2.13. The molecule has 126 valence electrons.